The minimum Gasteiger partial charge on any atom is -0.466 e. The molecule has 0 bridgehead atoms. The van der Waals surface area contributed by atoms with E-state index in [4.69, 9.17) is 4.74 Å². The molecule has 1 heterocycles. The molecule has 13 heavy (non-hydrogen) atoms. The largest absolute Gasteiger partial charge is 0.466 e. The number of hydrogen-bond acceptors (Lipinski definition) is 2. The Kier molecular flexibility index (Phi) is 4.87. The van der Waals surface area contributed by atoms with E-state index in [2.05, 4.69) is 6.92 Å². The predicted octanol–water partition coefficient (Wildman–Crippen LogP) is 2.91. The minimum absolute atomic E-state index is 0.00186. The highest BCUT2D eigenvalue weighted by molar-refractivity contribution is 5.69. The number of hydrogen-bond donors (Lipinski definition) is 0. The molecule has 76 valence electrons. The molecule has 0 aliphatic carbocycles. The topological polar surface area (TPSA) is 26.3 Å². The molecule has 0 aromatic heterocycles. The van der Waals surface area contributed by atoms with E-state index in [1.54, 1.807) is 0 Å². The lowest BCUT2D eigenvalue weighted by molar-refractivity contribution is -0.142. The standard InChI is InChI=1S/C11H20O2/c1-2-3-4-5-10-6-7-11(12)13-9-8-10/h10H,2-9H2,1H3. The molecule has 2 heteroatoms. The van der Waals surface area contributed by atoms with Gasteiger partial charge in [0.05, 0.1) is 6.61 Å². The number of ether oxygens (including phenoxy) is 1. The van der Waals surface area contributed by atoms with Crippen molar-refractivity contribution in [2.45, 2.75) is 51.9 Å². The van der Waals surface area contributed by atoms with Gasteiger partial charge in [0, 0.05) is 6.42 Å². The van der Waals surface area contributed by atoms with Gasteiger partial charge < -0.3 is 4.74 Å². The minimum atomic E-state index is -0.00186. The summed E-state index contributed by atoms with van der Waals surface area (Å²) in [6, 6.07) is 0. The van der Waals surface area contributed by atoms with Gasteiger partial charge in [-0.05, 0) is 18.8 Å². The smallest absolute Gasteiger partial charge is 0.305 e. The van der Waals surface area contributed by atoms with Crippen LogP contribution >= 0.6 is 0 Å². The van der Waals surface area contributed by atoms with Crippen LogP contribution in [-0.2, 0) is 9.53 Å². The van der Waals surface area contributed by atoms with Crippen LogP contribution in [0.5, 0.6) is 0 Å². The second-order valence-corrected chi connectivity index (χ2v) is 3.91. The molecule has 0 N–H and O–H groups in total. The Bertz CT molecular complexity index is 154. The maximum Gasteiger partial charge on any atom is 0.305 e. The van der Waals surface area contributed by atoms with E-state index in [0.717, 1.165) is 18.8 Å². The van der Waals surface area contributed by atoms with Crippen LogP contribution in [0.4, 0.5) is 0 Å². The van der Waals surface area contributed by atoms with Gasteiger partial charge in [-0.1, -0.05) is 32.6 Å². The van der Waals surface area contributed by atoms with Crippen LogP contribution in [-0.4, -0.2) is 12.6 Å². The van der Waals surface area contributed by atoms with Crippen molar-refractivity contribution in [2.24, 2.45) is 5.92 Å². The van der Waals surface area contributed by atoms with Crippen molar-refractivity contribution >= 4 is 5.97 Å². The first-order valence-corrected chi connectivity index (χ1v) is 5.48. The quantitative estimate of drug-likeness (QED) is 0.496. The van der Waals surface area contributed by atoms with Gasteiger partial charge in [0.15, 0.2) is 0 Å². The maximum atomic E-state index is 10.9. The van der Waals surface area contributed by atoms with Crippen molar-refractivity contribution in [1.29, 1.82) is 0 Å². The molecular formula is C11H20O2. The molecule has 0 aromatic rings. The molecule has 2 nitrogen and oxygen atoms in total. The first kappa shape index (κ1) is 10.6. The summed E-state index contributed by atoms with van der Waals surface area (Å²) in [5, 5.41) is 0. The van der Waals surface area contributed by atoms with Crippen molar-refractivity contribution in [3.8, 4) is 0 Å². The summed E-state index contributed by atoms with van der Waals surface area (Å²) in [5.41, 5.74) is 0. The van der Waals surface area contributed by atoms with Gasteiger partial charge in [0.1, 0.15) is 0 Å². The zero-order valence-electron chi connectivity index (χ0n) is 8.55. The highest BCUT2D eigenvalue weighted by atomic mass is 16.5. The fourth-order valence-electron chi connectivity index (χ4n) is 1.85. The molecule has 1 aliphatic heterocycles. The van der Waals surface area contributed by atoms with Crippen molar-refractivity contribution in [2.75, 3.05) is 6.61 Å². The zero-order valence-corrected chi connectivity index (χ0v) is 8.55. The van der Waals surface area contributed by atoms with Crippen molar-refractivity contribution in [3.63, 3.8) is 0 Å². The molecule has 0 saturated carbocycles. The number of unbranched alkanes of at least 4 members (excludes halogenated alkanes) is 2. The molecule has 0 amide bonds. The van der Waals surface area contributed by atoms with Crippen LogP contribution in [0.1, 0.15) is 51.9 Å². The zero-order chi connectivity index (χ0) is 9.52. The SMILES string of the molecule is CCCCCC1CCOC(=O)CC1. The molecule has 0 radical (unpaired) electrons. The van der Waals surface area contributed by atoms with Gasteiger partial charge in [0.25, 0.3) is 0 Å². The average Bonchev–Trinajstić information content (AvgIpc) is 2.32. The fraction of sp³-hybridized carbons (Fsp3) is 0.909. The maximum absolute atomic E-state index is 10.9. The molecule has 1 rings (SSSR count). The number of cyclic esters (lactones) is 1. The third-order valence-electron chi connectivity index (χ3n) is 2.76. The lowest BCUT2D eigenvalue weighted by Gasteiger charge is -2.11. The average molecular weight is 184 g/mol. The Labute approximate surface area is 80.7 Å². The Morgan fingerprint density at radius 2 is 2.23 bits per heavy atom. The monoisotopic (exact) mass is 184 g/mol. The lowest BCUT2D eigenvalue weighted by Crippen LogP contribution is -2.00. The summed E-state index contributed by atoms with van der Waals surface area (Å²) >= 11 is 0. The Hall–Kier alpha value is -0.530. The lowest BCUT2D eigenvalue weighted by atomic mass is 9.94. The second kappa shape index (κ2) is 6.01. The first-order chi connectivity index (χ1) is 6.33. The van der Waals surface area contributed by atoms with Crippen molar-refractivity contribution < 1.29 is 9.53 Å². The summed E-state index contributed by atoms with van der Waals surface area (Å²) in [7, 11) is 0. The Morgan fingerprint density at radius 1 is 1.38 bits per heavy atom. The fourth-order valence-corrected chi connectivity index (χ4v) is 1.85. The van der Waals surface area contributed by atoms with Gasteiger partial charge >= 0.3 is 5.97 Å². The molecule has 0 aromatic carbocycles. The summed E-state index contributed by atoms with van der Waals surface area (Å²) in [4.78, 5) is 10.9. The molecule has 1 saturated heterocycles. The van der Waals surface area contributed by atoms with Crippen LogP contribution in [0.15, 0.2) is 0 Å². The summed E-state index contributed by atoms with van der Waals surface area (Å²) in [5.74, 6) is 0.732. The van der Waals surface area contributed by atoms with Gasteiger partial charge in [-0.2, -0.15) is 0 Å². The second-order valence-electron chi connectivity index (χ2n) is 3.91. The van der Waals surface area contributed by atoms with E-state index in [-0.39, 0.29) is 5.97 Å². The molecule has 1 atom stereocenters. The Morgan fingerprint density at radius 3 is 3.00 bits per heavy atom. The summed E-state index contributed by atoms with van der Waals surface area (Å²) in [6.07, 6.45) is 7.96. The first-order valence-electron chi connectivity index (χ1n) is 5.48. The van der Waals surface area contributed by atoms with Crippen LogP contribution < -0.4 is 0 Å². The number of rotatable bonds is 4. The Balaban J connectivity index is 2.14. The van der Waals surface area contributed by atoms with Gasteiger partial charge in [-0.15, -0.1) is 0 Å². The van der Waals surface area contributed by atoms with Crippen molar-refractivity contribution in [3.05, 3.63) is 0 Å². The van der Waals surface area contributed by atoms with Gasteiger partial charge in [-0.25, -0.2) is 0 Å². The van der Waals surface area contributed by atoms with E-state index in [1.807, 2.05) is 0 Å². The third-order valence-corrected chi connectivity index (χ3v) is 2.76. The normalized spacial score (nSPS) is 23.8. The van der Waals surface area contributed by atoms with Crippen LogP contribution in [0.2, 0.25) is 0 Å². The van der Waals surface area contributed by atoms with Crippen molar-refractivity contribution in [1.82, 2.24) is 0 Å². The van der Waals surface area contributed by atoms with Gasteiger partial charge in [0.2, 0.25) is 0 Å². The highest BCUT2D eigenvalue weighted by Crippen LogP contribution is 2.22. The third kappa shape index (κ3) is 4.30. The van der Waals surface area contributed by atoms with Crippen LogP contribution in [0.25, 0.3) is 0 Å². The van der Waals surface area contributed by atoms with E-state index >= 15 is 0 Å². The number of carbonyl (C=O) groups is 1. The number of carbonyl (C=O) groups excluding carboxylic acids is 1. The highest BCUT2D eigenvalue weighted by Gasteiger charge is 2.16. The van der Waals surface area contributed by atoms with E-state index in [9.17, 15) is 4.79 Å². The number of esters is 1. The van der Waals surface area contributed by atoms with Crippen LogP contribution in [0.3, 0.4) is 0 Å². The van der Waals surface area contributed by atoms with E-state index < -0.39 is 0 Å². The van der Waals surface area contributed by atoms with Gasteiger partial charge in [-0.3, -0.25) is 4.79 Å². The van der Waals surface area contributed by atoms with Crippen LogP contribution in [0, 0.1) is 5.92 Å². The summed E-state index contributed by atoms with van der Waals surface area (Å²) < 4.78 is 5.00. The summed E-state index contributed by atoms with van der Waals surface area (Å²) in [6.45, 7) is 2.87. The molecule has 1 unspecified atom stereocenters. The molecular weight excluding hydrogens is 164 g/mol. The predicted molar refractivity (Wildman–Crippen MR) is 52.4 cm³/mol. The van der Waals surface area contributed by atoms with E-state index in [0.29, 0.717) is 13.0 Å². The molecule has 1 fully saturated rings. The molecule has 1 aliphatic rings. The molecule has 0 spiro atoms. The van der Waals surface area contributed by atoms with E-state index in [1.165, 1.54) is 25.7 Å².